The fraction of sp³-hybridized carbons (Fsp3) is 0.100. The van der Waals surface area contributed by atoms with E-state index >= 15 is 0 Å². The molecule has 5 rings (SSSR count). The number of fused-ring (bicyclic) bond motifs is 1. The van der Waals surface area contributed by atoms with E-state index in [1.54, 1.807) is 53.4 Å². The van der Waals surface area contributed by atoms with Gasteiger partial charge in [-0.15, -0.1) is 0 Å². The molecule has 1 aliphatic heterocycles. The lowest BCUT2D eigenvalue weighted by Crippen LogP contribution is -2.31. The Hall–Kier alpha value is -4.36. The average molecular weight is 502 g/mol. The molecule has 37 heavy (non-hydrogen) atoms. The van der Waals surface area contributed by atoms with Gasteiger partial charge in [0.15, 0.2) is 6.23 Å². The molecule has 0 saturated heterocycles. The number of carboxylic acids is 1. The first kappa shape index (κ1) is 24.3. The van der Waals surface area contributed by atoms with E-state index in [0.717, 1.165) is 12.1 Å². The predicted molar refractivity (Wildman–Crippen MR) is 136 cm³/mol. The summed E-state index contributed by atoms with van der Waals surface area (Å²) in [4.78, 5) is 13.2. The average Bonchev–Trinajstić information content (AvgIpc) is 3.16. The summed E-state index contributed by atoms with van der Waals surface area (Å²) in [6, 6.07) is 27.9. The van der Waals surface area contributed by atoms with Gasteiger partial charge in [-0.3, -0.25) is 0 Å². The molecule has 1 unspecified atom stereocenters. The molecule has 0 aliphatic carbocycles. The molecule has 4 nitrogen and oxygen atoms in total. The lowest BCUT2D eigenvalue weighted by Gasteiger charge is -2.25. The van der Waals surface area contributed by atoms with Crippen LogP contribution in [-0.2, 0) is 12.7 Å². The molecule has 0 aromatic heterocycles. The molecule has 0 amide bonds. The number of carbonyl (C=O) groups is 1. The number of para-hydroxylation sites is 1. The zero-order valence-electron chi connectivity index (χ0n) is 19.5. The molecule has 4 aromatic rings. The van der Waals surface area contributed by atoms with Gasteiger partial charge in [0.05, 0.1) is 11.1 Å². The van der Waals surface area contributed by atoms with Crippen LogP contribution < -0.4 is 4.90 Å². The van der Waals surface area contributed by atoms with Crippen molar-refractivity contribution in [1.82, 2.24) is 0 Å². The van der Waals surface area contributed by atoms with E-state index in [1.807, 2.05) is 30.3 Å². The normalized spacial score (nSPS) is 16.4. The number of aliphatic hydroxyl groups is 1. The molecule has 0 spiro atoms. The first-order chi connectivity index (χ1) is 17.7. The molecule has 1 aliphatic rings. The van der Waals surface area contributed by atoms with Gasteiger partial charge in [-0.1, -0.05) is 72.8 Å². The lowest BCUT2D eigenvalue weighted by molar-refractivity contribution is -0.137. The van der Waals surface area contributed by atoms with Crippen LogP contribution in [0.2, 0.25) is 0 Å². The Morgan fingerprint density at radius 3 is 2.16 bits per heavy atom. The van der Waals surface area contributed by atoms with E-state index in [4.69, 9.17) is 0 Å². The summed E-state index contributed by atoms with van der Waals surface area (Å²) in [6.45, 7) is 0.202. The molecule has 186 valence electrons. The summed E-state index contributed by atoms with van der Waals surface area (Å²) in [5.41, 5.74) is 3.40. The second kappa shape index (κ2) is 9.59. The van der Waals surface area contributed by atoms with Gasteiger partial charge in [-0.05, 0) is 52.6 Å². The molecule has 1 atom stereocenters. The van der Waals surface area contributed by atoms with Crippen molar-refractivity contribution in [2.75, 3.05) is 4.90 Å². The highest BCUT2D eigenvalue weighted by molar-refractivity contribution is 6.05. The van der Waals surface area contributed by atoms with Gasteiger partial charge in [-0.2, -0.15) is 13.2 Å². The zero-order chi connectivity index (χ0) is 26.2. The number of halogens is 3. The molecule has 1 heterocycles. The third-order valence-electron chi connectivity index (χ3n) is 6.39. The number of benzene rings is 4. The van der Waals surface area contributed by atoms with Crippen molar-refractivity contribution in [3.8, 4) is 0 Å². The zero-order valence-corrected chi connectivity index (χ0v) is 19.5. The Morgan fingerprint density at radius 1 is 0.784 bits per heavy atom. The number of nitrogens with zero attached hydrogens (tertiary/aromatic N) is 1. The summed E-state index contributed by atoms with van der Waals surface area (Å²) < 4.78 is 40.8. The van der Waals surface area contributed by atoms with Crippen LogP contribution in [0.25, 0.3) is 11.1 Å². The van der Waals surface area contributed by atoms with Crippen molar-refractivity contribution in [3.05, 3.63) is 137 Å². The van der Waals surface area contributed by atoms with E-state index in [0.29, 0.717) is 39.1 Å². The van der Waals surface area contributed by atoms with Crippen molar-refractivity contribution in [3.63, 3.8) is 0 Å². The molecule has 0 bridgehead atoms. The SMILES string of the molecule is O=C(O)c1cccc(CN2c3ccccc3/C(=C(/c3ccccc3)c3cccc(C(F)(F)F)c3)C2O)c1. The van der Waals surface area contributed by atoms with E-state index in [-0.39, 0.29) is 12.1 Å². The Morgan fingerprint density at radius 2 is 1.43 bits per heavy atom. The van der Waals surface area contributed by atoms with Crippen LogP contribution in [-0.4, -0.2) is 22.4 Å². The first-order valence-electron chi connectivity index (χ1n) is 11.6. The maximum absolute atomic E-state index is 13.6. The van der Waals surface area contributed by atoms with Crippen LogP contribution in [0.4, 0.5) is 18.9 Å². The molecule has 0 radical (unpaired) electrons. The summed E-state index contributed by atoms with van der Waals surface area (Å²) in [7, 11) is 0. The highest BCUT2D eigenvalue weighted by Gasteiger charge is 2.36. The van der Waals surface area contributed by atoms with Gasteiger partial charge in [-0.25, -0.2) is 4.79 Å². The molecule has 7 heteroatoms. The largest absolute Gasteiger partial charge is 0.478 e. The number of aromatic carboxylic acids is 1. The van der Waals surface area contributed by atoms with E-state index in [2.05, 4.69) is 0 Å². The van der Waals surface area contributed by atoms with Crippen LogP contribution in [0.15, 0.2) is 103 Å². The highest BCUT2D eigenvalue weighted by atomic mass is 19.4. The predicted octanol–water partition coefficient (Wildman–Crippen LogP) is 6.70. The molecule has 2 N–H and O–H groups in total. The van der Waals surface area contributed by atoms with E-state index in [1.165, 1.54) is 12.1 Å². The standard InChI is InChI=1S/C30H22F3NO3/c31-30(32,33)23-13-7-11-21(17-23)26(20-9-2-1-3-10-20)27-24-14-4-5-15-25(24)34(28(27)35)18-19-8-6-12-22(16-19)29(36)37/h1-17,28,35H,18H2,(H,36,37)/b27-26+. The third-order valence-corrected chi connectivity index (χ3v) is 6.39. The monoisotopic (exact) mass is 501 g/mol. The van der Waals surface area contributed by atoms with Crippen molar-refractivity contribution in [2.24, 2.45) is 0 Å². The van der Waals surface area contributed by atoms with Crippen LogP contribution >= 0.6 is 0 Å². The Labute approximate surface area is 211 Å². The molecule has 0 saturated carbocycles. The molecular weight excluding hydrogens is 479 g/mol. The van der Waals surface area contributed by atoms with Gasteiger partial charge in [0.2, 0.25) is 0 Å². The minimum Gasteiger partial charge on any atom is -0.478 e. The fourth-order valence-corrected chi connectivity index (χ4v) is 4.75. The van der Waals surface area contributed by atoms with Crippen LogP contribution in [0.5, 0.6) is 0 Å². The number of alkyl halides is 3. The van der Waals surface area contributed by atoms with Gasteiger partial charge >= 0.3 is 12.1 Å². The molecule has 4 aromatic carbocycles. The smallest absolute Gasteiger partial charge is 0.416 e. The number of hydrogen-bond acceptors (Lipinski definition) is 3. The lowest BCUT2D eigenvalue weighted by atomic mass is 9.89. The number of rotatable bonds is 5. The quantitative estimate of drug-likeness (QED) is 0.320. The number of carboxylic acid groups (broad SMARTS) is 1. The molecule has 0 fully saturated rings. The van der Waals surface area contributed by atoms with Gasteiger partial charge in [0.1, 0.15) is 0 Å². The third kappa shape index (κ3) is 4.73. The summed E-state index contributed by atoms with van der Waals surface area (Å²) in [5, 5.41) is 21.0. The van der Waals surface area contributed by atoms with Gasteiger partial charge in [0, 0.05) is 23.4 Å². The highest BCUT2D eigenvalue weighted by Crippen LogP contribution is 2.46. The van der Waals surface area contributed by atoms with Crippen molar-refractivity contribution in [2.45, 2.75) is 18.9 Å². The van der Waals surface area contributed by atoms with Crippen LogP contribution in [0.1, 0.15) is 38.2 Å². The topological polar surface area (TPSA) is 60.8 Å². The fourth-order valence-electron chi connectivity index (χ4n) is 4.75. The Kier molecular flexibility index (Phi) is 6.31. The number of hydrogen-bond donors (Lipinski definition) is 2. The first-order valence-corrected chi connectivity index (χ1v) is 11.6. The number of anilines is 1. The Balaban J connectivity index is 1.70. The summed E-state index contributed by atoms with van der Waals surface area (Å²) in [5.74, 6) is -1.05. The minimum absolute atomic E-state index is 0.129. The molecular formula is C30H22F3NO3. The maximum Gasteiger partial charge on any atom is 0.416 e. The second-order valence-electron chi connectivity index (χ2n) is 8.76. The summed E-state index contributed by atoms with van der Waals surface area (Å²) in [6.07, 6.45) is -5.70. The van der Waals surface area contributed by atoms with Crippen LogP contribution in [0, 0.1) is 0 Å². The van der Waals surface area contributed by atoms with Crippen molar-refractivity contribution < 1.29 is 28.2 Å². The maximum atomic E-state index is 13.6. The van der Waals surface area contributed by atoms with Gasteiger partial charge < -0.3 is 15.1 Å². The van der Waals surface area contributed by atoms with Crippen LogP contribution in [0.3, 0.4) is 0 Å². The van der Waals surface area contributed by atoms with E-state index < -0.39 is 23.9 Å². The van der Waals surface area contributed by atoms with Crippen molar-refractivity contribution >= 4 is 22.8 Å². The Bertz CT molecular complexity index is 1500. The number of aliphatic hydroxyl groups excluding tert-OH is 1. The summed E-state index contributed by atoms with van der Waals surface area (Å²) >= 11 is 0. The van der Waals surface area contributed by atoms with Gasteiger partial charge in [0.25, 0.3) is 0 Å². The van der Waals surface area contributed by atoms with E-state index in [9.17, 15) is 28.2 Å². The minimum atomic E-state index is -4.52. The second-order valence-corrected chi connectivity index (χ2v) is 8.76. The van der Waals surface area contributed by atoms with Crippen molar-refractivity contribution in [1.29, 1.82) is 0 Å².